The van der Waals surface area contributed by atoms with Gasteiger partial charge in [0.15, 0.2) is 0 Å². The fourth-order valence-corrected chi connectivity index (χ4v) is 2.19. The van der Waals surface area contributed by atoms with Crippen LogP contribution in [0.15, 0.2) is 24.4 Å². The number of aromatic nitrogens is 2. The van der Waals surface area contributed by atoms with Crippen LogP contribution in [-0.2, 0) is 6.42 Å². The largest absolute Gasteiger partial charge is 0.271 e. The van der Waals surface area contributed by atoms with E-state index in [1.165, 1.54) is 6.07 Å². The van der Waals surface area contributed by atoms with E-state index < -0.39 is 17.7 Å². The van der Waals surface area contributed by atoms with E-state index in [-0.39, 0.29) is 6.04 Å². The third-order valence-electron chi connectivity index (χ3n) is 3.46. The third kappa shape index (κ3) is 3.46. The maximum atomic E-state index is 13.9. The first-order valence-electron chi connectivity index (χ1n) is 6.88. The molecule has 3 N–H and O–H groups in total. The Hall–Kier alpha value is -1.79. The Morgan fingerprint density at radius 2 is 2.00 bits per heavy atom. The molecule has 0 aliphatic carbocycles. The highest BCUT2D eigenvalue weighted by Crippen LogP contribution is 2.23. The van der Waals surface area contributed by atoms with Crippen LogP contribution in [0, 0.1) is 18.6 Å². The number of hydrazine groups is 1. The summed E-state index contributed by atoms with van der Waals surface area (Å²) in [5.74, 6) is 4.37. The lowest BCUT2D eigenvalue weighted by molar-refractivity contribution is 0.485. The molecule has 114 valence electrons. The topological polar surface area (TPSA) is 55.9 Å². The van der Waals surface area contributed by atoms with Gasteiger partial charge in [-0.3, -0.25) is 16.0 Å². The molecule has 6 heteroatoms. The summed E-state index contributed by atoms with van der Waals surface area (Å²) in [5, 5.41) is 4.42. The standard InChI is InChI=1S/C15H20F2N4/c1-9(2)21-5-4-11(20-21)7-15(19-18)12-6-10(3)13(16)8-14(12)17/h4-6,8-9,15,19H,7,18H2,1-3H3. The van der Waals surface area contributed by atoms with Gasteiger partial charge in [-0.15, -0.1) is 0 Å². The van der Waals surface area contributed by atoms with Gasteiger partial charge < -0.3 is 0 Å². The molecule has 2 aromatic rings. The minimum Gasteiger partial charge on any atom is -0.271 e. The highest BCUT2D eigenvalue weighted by molar-refractivity contribution is 5.29. The summed E-state index contributed by atoms with van der Waals surface area (Å²) in [5.41, 5.74) is 4.11. The molecule has 1 atom stereocenters. The number of aryl methyl sites for hydroxylation is 1. The van der Waals surface area contributed by atoms with Gasteiger partial charge >= 0.3 is 0 Å². The van der Waals surface area contributed by atoms with Gasteiger partial charge in [0.25, 0.3) is 0 Å². The third-order valence-corrected chi connectivity index (χ3v) is 3.46. The van der Waals surface area contributed by atoms with Gasteiger partial charge in [-0.2, -0.15) is 5.10 Å². The Morgan fingerprint density at radius 3 is 2.57 bits per heavy atom. The van der Waals surface area contributed by atoms with Crippen LogP contribution in [0.3, 0.4) is 0 Å². The number of nitrogens with two attached hydrogens (primary N) is 1. The molecule has 1 heterocycles. The highest BCUT2D eigenvalue weighted by atomic mass is 19.1. The van der Waals surface area contributed by atoms with Crippen molar-refractivity contribution in [3.8, 4) is 0 Å². The Kier molecular flexibility index (Phi) is 4.69. The molecule has 1 unspecified atom stereocenters. The monoisotopic (exact) mass is 294 g/mol. The molecule has 21 heavy (non-hydrogen) atoms. The van der Waals surface area contributed by atoms with E-state index in [0.29, 0.717) is 17.5 Å². The first-order valence-corrected chi connectivity index (χ1v) is 6.88. The van der Waals surface area contributed by atoms with Crippen LogP contribution >= 0.6 is 0 Å². The molecule has 2 rings (SSSR count). The quantitative estimate of drug-likeness (QED) is 0.658. The van der Waals surface area contributed by atoms with E-state index in [2.05, 4.69) is 10.5 Å². The summed E-state index contributed by atoms with van der Waals surface area (Å²) in [6.07, 6.45) is 2.30. The van der Waals surface area contributed by atoms with E-state index >= 15 is 0 Å². The predicted octanol–water partition coefficient (Wildman–Crippen LogP) is 2.80. The molecular weight excluding hydrogens is 274 g/mol. The molecule has 1 aromatic carbocycles. The minimum absolute atomic E-state index is 0.257. The summed E-state index contributed by atoms with van der Waals surface area (Å²) in [6, 6.07) is 4.04. The molecule has 1 aromatic heterocycles. The molecule has 0 saturated heterocycles. The van der Waals surface area contributed by atoms with Gasteiger partial charge in [-0.05, 0) is 38.5 Å². The summed E-state index contributed by atoms with van der Waals surface area (Å²) < 4.78 is 29.1. The van der Waals surface area contributed by atoms with Crippen molar-refractivity contribution in [2.45, 2.75) is 39.3 Å². The Morgan fingerprint density at radius 1 is 1.29 bits per heavy atom. The fourth-order valence-electron chi connectivity index (χ4n) is 2.19. The molecule has 0 spiro atoms. The second-order valence-corrected chi connectivity index (χ2v) is 5.43. The zero-order valence-electron chi connectivity index (χ0n) is 12.4. The normalized spacial score (nSPS) is 12.9. The van der Waals surface area contributed by atoms with Crippen molar-refractivity contribution in [3.05, 3.63) is 52.9 Å². The summed E-state index contributed by atoms with van der Waals surface area (Å²) >= 11 is 0. The lowest BCUT2D eigenvalue weighted by atomic mass is 10.00. The zero-order chi connectivity index (χ0) is 15.6. The number of hydrogen-bond acceptors (Lipinski definition) is 3. The van der Waals surface area contributed by atoms with Crippen LogP contribution in [0.4, 0.5) is 8.78 Å². The van der Waals surface area contributed by atoms with Crippen LogP contribution in [0.2, 0.25) is 0 Å². The molecule has 0 saturated carbocycles. The maximum Gasteiger partial charge on any atom is 0.130 e. The first kappa shape index (κ1) is 15.6. The van der Waals surface area contributed by atoms with Crippen LogP contribution < -0.4 is 11.3 Å². The number of halogens is 2. The zero-order valence-corrected chi connectivity index (χ0v) is 12.4. The molecule has 0 aliphatic rings. The lowest BCUT2D eigenvalue weighted by Gasteiger charge is -2.17. The van der Waals surface area contributed by atoms with Crippen molar-refractivity contribution < 1.29 is 8.78 Å². The summed E-state index contributed by atoms with van der Waals surface area (Å²) in [6.45, 7) is 5.65. The predicted molar refractivity (Wildman–Crippen MR) is 77.5 cm³/mol. The number of benzene rings is 1. The number of rotatable bonds is 5. The molecule has 0 radical (unpaired) electrons. The second kappa shape index (κ2) is 6.32. The van der Waals surface area contributed by atoms with Crippen LogP contribution in [-0.4, -0.2) is 9.78 Å². The Bertz CT molecular complexity index is 622. The van der Waals surface area contributed by atoms with Crippen LogP contribution in [0.5, 0.6) is 0 Å². The van der Waals surface area contributed by atoms with E-state index in [4.69, 9.17) is 5.84 Å². The van der Waals surface area contributed by atoms with Gasteiger partial charge in [0.1, 0.15) is 11.6 Å². The molecular formula is C15H20F2N4. The van der Waals surface area contributed by atoms with Crippen molar-refractivity contribution in [2.24, 2.45) is 5.84 Å². The van der Waals surface area contributed by atoms with Crippen molar-refractivity contribution in [1.82, 2.24) is 15.2 Å². The first-order chi connectivity index (χ1) is 9.92. The number of hydrogen-bond donors (Lipinski definition) is 2. The van der Waals surface area contributed by atoms with E-state index in [1.54, 1.807) is 6.92 Å². The van der Waals surface area contributed by atoms with Crippen molar-refractivity contribution in [2.75, 3.05) is 0 Å². The minimum atomic E-state index is -0.607. The van der Waals surface area contributed by atoms with Crippen LogP contribution in [0.25, 0.3) is 0 Å². The van der Waals surface area contributed by atoms with Gasteiger partial charge in [0.2, 0.25) is 0 Å². The van der Waals surface area contributed by atoms with Crippen LogP contribution in [0.1, 0.15) is 42.8 Å². The van der Waals surface area contributed by atoms with Gasteiger partial charge in [-0.25, -0.2) is 8.78 Å². The molecule has 0 bridgehead atoms. The lowest BCUT2D eigenvalue weighted by Crippen LogP contribution is -2.30. The molecule has 0 fully saturated rings. The second-order valence-electron chi connectivity index (χ2n) is 5.43. The van der Waals surface area contributed by atoms with E-state index in [1.807, 2.05) is 30.8 Å². The van der Waals surface area contributed by atoms with Crippen molar-refractivity contribution in [1.29, 1.82) is 0 Å². The molecule has 0 aliphatic heterocycles. The SMILES string of the molecule is Cc1cc(C(Cc2ccn(C(C)C)n2)NN)c(F)cc1F. The van der Waals surface area contributed by atoms with Gasteiger partial charge in [0, 0.05) is 30.3 Å². The van der Waals surface area contributed by atoms with Crippen molar-refractivity contribution >= 4 is 0 Å². The smallest absolute Gasteiger partial charge is 0.130 e. The fraction of sp³-hybridized carbons (Fsp3) is 0.400. The number of nitrogens with zero attached hydrogens (tertiary/aromatic N) is 2. The van der Waals surface area contributed by atoms with Gasteiger partial charge in [-0.1, -0.05) is 0 Å². The molecule has 4 nitrogen and oxygen atoms in total. The average molecular weight is 294 g/mol. The summed E-state index contributed by atoms with van der Waals surface area (Å²) in [4.78, 5) is 0. The average Bonchev–Trinajstić information content (AvgIpc) is 2.89. The van der Waals surface area contributed by atoms with E-state index in [9.17, 15) is 8.78 Å². The molecule has 0 amide bonds. The Labute approximate surface area is 122 Å². The Balaban J connectivity index is 2.25. The maximum absolute atomic E-state index is 13.9. The van der Waals surface area contributed by atoms with Crippen molar-refractivity contribution in [3.63, 3.8) is 0 Å². The highest BCUT2D eigenvalue weighted by Gasteiger charge is 2.18. The van der Waals surface area contributed by atoms with E-state index in [0.717, 1.165) is 11.8 Å². The summed E-state index contributed by atoms with van der Waals surface area (Å²) in [7, 11) is 0. The number of nitrogens with one attached hydrogen (secondary N) is 1. The van der Waals surface area contributed by atoms with Gasteiger partial charge in [0.05, 0.1) is 11.7 Å².